The van der Waals surface area contributed by atoms with Crippen molar-refractivity contribution < 1.29 is 23.5 Å². The number of fused-ring (bicyclic) bond motifs is 1. The molecule has 1 fully saturated rings. The third-order valence-electron chi connectivity index (χ3n) is 6.10. The third kappa shape index (κ3) is 4.39. The predicted octanol–water partition coefficient (Wildman–Crippen LogP) is 3.82. The molecule has 3 heterocycles. The number of methoxy groups -OCH3 is 1. The Hall–Kier alpha value is -2.78. The van der Waals surface area contributed by atoms with Crippen LogP contribution in [0.2, 0.25) is 0 Å². The molecule has 2 N–H and O–H groups in total. The van der Waals surface area contributed by atoms with Gasteiger partial charge >= 0.3 is 5.97 Å². The van der Waals surface area contributed by atoms with Crippen molar-refractivity contribution in [3.05, 3.63) is 46.1 Å². The molecule has 0 spiro atoms. The van der Waals surface area contributed by atoms with Crippen LogP contribution < -0.4 is 15.5 Å². The first-order valence-corrected chi connectivity index (χ1v) is 11.6. The van der Waals surface area contributed by atoms with Crippen molar-refractivity contribution in [1.29, 1.82) is 0 Å². The maximum atomic E-state index is 13.2. The molecule has 0 saturated carbocycles. The number of hydrogen-bond acceptors (Lipinski definition) is 6. The molecule has 1 atom stereocenters. The van der Waals surface area contributed by atoms with Crippen molar-refractivity contribution >= 4 is 39.8 Å². The molecule has 4 rings (SSSR count). The quantitative estimate of drug-likeness (QED) is 0.659. The molecule has 176 valence electrons. The monoisotopic (exact) mass is 473 g/mol. The highest BCUT2D eigenvalue weighted by molar-refractivity contribution is 7.17. The number of amides is 2. The van der Waals surface area contributed by atoms with Crippen LogP contribution in [0.3, 0.4) is 0 Å². The Balaban J connectivity index is 1.61. The van der Waals surface area contributed by atoms with Gasteiger partial charge in [-0.05, 0) is 63.9 Å². The Morgan fingerprint density at radius 3 is 2.52 bits per heavy atom. The van der Waals surface area contributed by atoms with Crippen LogP contribution in [0.1, 0.15) is 54.9 Å². The largest absolute Gasteiger partial charge is 0.465 e. The van der Waals surface area contributed by atoms with Crippen LogP contribution in [-0.4, -0.2) is 37.0 Å². The second-order valence-corrected chi connectivity index (χ2v) is 10.8. The summed E-state index contributed by atoms with van der Waals surface area (Å²) in [5, 5.41) is 6.94. The van der Waals surface area contributed by atoms with E-state index in [1.807, 2.05) is 13.8 Å². The third-order valence-corrected chi connectivity index (χ3v) is 7.58. The van der Waals surface area contributed by atoms with Crippen molar-refractivity contribution in [3.63, 3.8) is 0 Å². The Morgan fingerprint density at radius 1 is 1.21 bits per heavy atom. The highest BCUT2D eigenvalue weighted by Gasteiger charge is 2.43. The molecule has 33 heavy (non-hydrogen) atoms. The molecule has 2 amide bonds. The van der Waals surface area contributed by atoms with Gasteiger partial charge in [0.25, 0.3) is 0 Å². The van der Waals surface area contributed by atoms with E-state index >= 15 is 0 Å². The molecule has 2 aromatic rings. The lowest BCUT2D eigenvalue weighted by atomic mass is 9.81. The lowest BCUT2D eigenvalue weighted by Gasteiger charge is -2.42. The average molecular weight is 474 g/mol. The lowest BCUT2D eigenvalue weighted by Crippen LogP contribution is -2.55. The van der Waals surface area contributed by atoms with Gasteiger partial charge in [-0.25, -0.2) is 9.18 Å². The number of benzene rings is 1. The Morgan fingerprint density at radius 2 is 1.88 bits per heavy atom. The minimum Gasteiger partial charge on any atom is -0.465 e. The molecular weight excluding hydrogens is 445 g/mol. The summed E-state index contributed by atoms with van der Waals surface area (Å²) in [5.74, 6) is -2.01. The minimum atomic E-state index is -0.588. The van der Waals surface area contributed by atoms with Gasteiger partial charge in [0.05, 0.1) is 18.6 Å². The Bertz CT molecular complexity index is 1120. The van der Waals surface area contributed by atoms with E-state index in [1.165, 1.54) is 47.6 Å². The maximum Gasteiger partial charge on any atom is 0.341 e. The van der Waals surface area contributed by atoms with E-state index in [0.717, 1.165) is 10.4 Å². The number of carbonyl (C=O) groups is 3. The number of ether oxygens (including phenoxy) is 1. The van der Waals surface area contributed by atoms with Crippen LogP contribution in [0.5, 0.6) is 0 Å². The summed E-state index contributed by atoms with van der Waals surface area (Å²) in [5.41, 5.74) is 1.18. The summed E-state index contributed by atoms with van der Waals surface area (Å²) in [6.45, 7) is 8.43. The first kappa shape index (κ1) is 23.4. The standard InChI is InChI=1S/C24H28FN3O4S/c1-23(2)11-16-18(22(31)32-5)21(33-19(16)24(3,4)27-23)26-20(30)13-10-17(29)28(12-13)15-8-6-14(25)7-9-15/h6-9,13,27H,10-12H2,1-5H3,(H,26,30). The zero-order valence-electron chi connectivity index (χ0n) is 19.4. The second-order valence-electron chi connectivity index (χ2n) is 9.79. The minimum absolute atomic E-state index is 0.0436. The van der Waals surface area contributed by atoms with Gasteiger partial charge in [-0.3, -0.25) is 9.59 Å². The molecule has 2 aliphatic rings. The van der Waals surface area contributed by atoms with E-state index < -0.39 is 23.2 Å². The van der Waals surface area contributed by atoms with Crippen LogP contribution in [0, 0.1) is 11.7 Å². The smallest absolute Gasteiger partial charge is 0.341 e. The number of hydrogen-bond donors (Lipinski definition) is 2. The van der Waals surface area contributed by atoms with Gasteiger partial charge in [0.15, 0.2) is 0 Å². The van der Waals surface area contributed by atoms with Gasteiger partial charge < -0.3 is 20.3 Å². The van der Waals surface area contributed by atoms with Crippen LogP contribution in [0.15, 0.2) is 24.3 Å². The summed E-state index contributed by atoms with van der Waals surface area (Å²) >= 11 is 1.36. The molecule has 7 nitrogen and oxygen atoms in total. The van der Waals surface area contributed by atoms with Gasteiger partial charge in [0.2, 0.25) is 11.8 Å². The van der Waals surface area contributed by atoms with E-state index in [1.54, 1.807) is 0 Å². The average Bonchev–Trinajstić information content (AvgIpc) is 3.28. The highest BCUT2D eigenvalue weighted by atomic mass is 32.1. The Labute approximate surface area is 196 Å². The van der Waals surface area contributed by atoms with E-state index in [-0.39, 0.29) is 30.3 Å². The van der Waals surface area contributed by atoms with Gasteiger partial charge in [-0.15, -0.1) is 11.3 Å². The topological polar surface area (TPSA) is 87.7 Å². The SMILES string of the molecule is COC(=O)c1c(NC(=O)C2CC(=O)N(c3ccc(F)cc3)C2)sc2c1CC(C)(C)NC2(C)C. The van der Waals surface area contributed by atoms with Crippen LogP contribution in [0.25, 0.3) is 0 Å². The van der Waals surface area contributed by atoms with Crippen molar-refractivity contribution in [2.45, 2.75) is 51.6 Å². The summed E-state index contributed by atoms with van der Waals surface area (Å²) in [6, 6.07) is 5.61. The highest BCUT2D eigenvalue weighted by Crippen LogP contribution is 2.45. The Kier molecular flexibility index (Phi) is 5.82. The van der Waals surface area contributed by atoms with Crippen LogP contribution in [-0.2, 0) is 26.3 Å². The summed E-state index contributed by atoms with van der Waals surface area (Å²) in [4.78, 5) is 40.9. The lowest BCUT2D eigenvalue weighted by molar-refractivity contribution is -0.122. The number of thiophene rings is 1. The summed E-state index contributed by atoms with van der Waals surface area (Å²) in [6.07, 6.45) is 0.658. The van der Waals surface area contributed by atoms with Crippen molar-refractivity contribution in [1.82, 2.24) is 5.32 Å². The first-order valence-electron chi connectivity index (χ1n) is 10.8. The zero-order chi connectivity index (χ0) is 24.1. The molecule has 1 saturated heterocycles. The number of anilines is 2. The number of carbonyl (C=O) groups excluding carboxylic acids is 3. The fourth-order valence-electron chi connectivity index (χ4n) is 4.90. The van der Waals surface area contributed by atoms with Gasteiger partial charge in [-0.2, -0.15) is 0 Å². The predicted molar refractivity (Wildman–Crippen MR) is 125 cm³/mol. The summed E-state index contributed by atoms with van der Waals surface area (Å²) < 4.78 is 18.3. The number of esters is 1. The van der Waals surface area contributed by atoms with Crippen molar-refractivity contribution in [2.24, 2.45) is 5.92 Å². The molecule has 1 aromatic heterocycles. The van der Waals surface area contributed by atoms with E-state index in [2.05, 4.69) is 24.5 Å². The van der Waals surface area contributed by atoms with Crippen molar-refractivity contribution in [2.75, 3.05) is 23.9 Å². The number of halogens is 1. The fraction of sp³-hybridized carbons (Fsp3) is 0.458. The first-order chi connectivity index (χ1) is 15.4. The zero-order valence-corrected chi connectivity index (χ0v) is 20.2. The molecule has 0 radical (unpaired) electrons. The normalized spacial score (nSPS) is 21.0. The van der Waals surface area contributed by atoms with Gasteiger partial charge in [0, 0.05) is 34.6 Å². The van der Waals surface area contributed by atoms with E-state index in [4.69, 9.17) is 4.74 Å². The number of nitrogens with one attached hydrogen (secondary N) is 2. The van der Waals surface area contributed by atoms with E-state index in [9.17, 15) is 18.8 Å². The van der Waals surface area contributed by atoms with E-state index in [0.29, 0.717) is 22.7 Å². The maximum absolute atomic E-state index is 13.2. The molecule has 9 heteroatoms. The summed E-state index contributed by atoms with van der Waals surface area (Å²) in [7, 11) is 1.32. The number of nitrogens with zero attached hydrogens (tertiary/aromatic N) is 1. The molecule has 2 aliphatic heterocycles. The number of rotatable bonds is 4. The van der Waals surface area contributed by atoms with Gasteiger partial charge in [-0.1, -0.05) is 0 Å². The van der Waals surface area contributed by atoms with Crippen molar-refractivity contribution in [3.8, 4) is 0 Å². The van der Waals surface area contributed by atoms with Crippen LogP contribution >= 0.6 is 11.3 Å². The fourth-order valence-corrected chi connectivity index (χ4v) is 6.17. The second kappa shape index (κ2) is 8.22. The molecule has 1 unspecified atom stereocenters. The van der Waals surface area contributed by atoms with Crippen LogP contribution in [0.4, 0.5) is 15.1 Å². The molecule has 0 bridgehead atoms. The van der Waals surface area contributed by atoms with Gasteiger partial charge in [0.1, 0.15) is 10.8 Å². The molecule has 1 aromatic carbocycles. The molecule has 0 aliphatic carbocycles. The molecular formula is C24H28FN3O4S.